The maximum Gasteiger partial charge on any atom is 0.415 e. The van der Waals surface area contributed by atoms with Gasteiger partial charge in [-0.2, -0.15) is 0 Å². The van der Waals surface area contributed by atoms with Crippen LogP contribution in [0.5, 0.6) is 0 Å². The number of nitrogens with zero attached hydrogens (tertiary/aromatic N) is 6. The first kappa shape index (κ1) is 17.0. The summed E-state index contributed by atoms with van der Waals surface area (Å²) < 4.78 is 7.30. The summed E-state index contributed by atoms with van der Waals surface area (Å²) in [6, 6.07) is 10.1. The molecule has 1 amide bonds. The molecule has 30 heavy (non-hydrogen) atoms. The van der Waals surface area contributed by atoms with Crippen molar-refractivity contribution < 1.29 is 9.53 Å². The Morgan fingerprint density at radius 3 is 2.90 bits per heavy atom. The van der Waals surface area contributed by atoms with Gasteiger partial charge in [-0.15, -0.1) is 10.6 Å². The van der Waals surface area contributed by atoms with Gasteiger partial charge in [-0.25, -0.2) is 19.5 Å². The average Bonchev–Trinajstić information content (AvgIpc) is 3.56. The third-order valence-corrected chi connectivity index (χ3v) is 5.64. The van der Waals surface area contributed by atoms with Crippen molar-refractivity contribution in [3.05, 3.63) is 66.9 Å². The predicted molar refractivity (Wildman–Crippen MR) is 108 cm³/mol. The Morgan fingerprint density at radius 1 is 1.20 bits per heavy atom. The zero-order chi connectivity index (χ0) is 20.1. The number of carbonyl (C=O) groups is 1. The van der Waals surface area contributed by atoms with Crippen molar-refractivity contribution in [3.63, 3.8) is 0 Å². The molecule has 3 aliphatic rings. The fourth-order valence-electron chi connectivity index (χ4n) is 4.22. The van der Waals surface area contributed by atoms with Gasteiger partial charge in [-0.1, -0.05) is 11.3 Å². The Balaban J connectivity index is 1.25. The number of fused-ring (bicyclic) bond motifs is 3. The highest BCUT2D eigenvalue weighted by molar-refractivity contribution is 5.94. The molecule has 0 spiro atoms. The standard InChI is InChI=1S/C20H18N8O2/c29-20-28-16-3-1-13(14-2-4-19(21-11-14)27-8-6-23-25-27)9-15(16)10-17(28)18(30-20)12-26-7-5-22-24-26/h1-9,11,17-18,23,25H,10,12H2/t17-,18?/m0/s1. The highest BCUT2D eigenvalue weighted by Gasteiger charge is 2.47. The van der Waals surface area contributed by atoms with Gasteiger partial charge in [-0.3, -0.25) is 4.90 Å². The van der Waals surface area contributed by atoms with Gasteiger partial charge in [0.05, 0.1) is 24.5 Å². The molecule has 5 heterocycles. The van der Waals surface area contributed by atoms with Crippen LogP contribution in [0.1, 0.15) is 5.56 Å². The van der Waals surface area contributed by atoms with Crippen LogP contribution in [-0.2, 0) is 17.7 Å². The minimum Gasteiger partial charge on any atom is -0.442 e. The summed E-state index contributed by atoms with van der Waals surface area (Å²) in [6.07, 6.45) is 9.08. The van der Waals surface area contributed by atoms with E-state index in [1.54, 1.807) is 33.2 Å². The lowest BCUT2D eigenvalue weighted by Crippen LogP contribution is -2.35. The number of pyridine rings is 1. The van der Waals surface area contributed by atoms with Gasteiger partial charge in [0.2, 0.25) is 0 Å². The first-order valence-corrected chi connectivity index (χ1v) is 9.67. The van der Waals surface area contributed by atoms with Gasteiger partial charge < -0.3 is 10.2 Å². The Bertz CT molecular complexity index is 1130. The third kappa shape index (κ3) is 2.69. The molecule has 6 rings (SSSR count). The number of hydrazine groups is 2. The molecule has 1 aromatic carbocycles. The van der Waals surface area contributed by atoms with Gasteiger partial charge in [0.1, 0.15) is 11.9 Å². The number of nitrogens with one attached hydrogen (secondary N) is 2. The lowest BCUT2D eigenvalue weighted by Gasteiger charge is -2.16. The first-order chi connectivity index (χ1) is 14.8. The smallest absolute Gasteiger partial charge is 0.415 e. The van der Waals surface area contributed by atoms with Gasteiger partial charge >= 0.3 is 6.09 Å². The van der Waals surface area contributed by atoms with Gasteiger partial charge in [-0.05, 0) is 41.8 Å². The highest BCUT2D eigenvalue weighted by atomic mass is 16.6. The van der Waals surface area contributed by atoms with E-state index in [-0.39, 0.29) is 18.2 Å². The molecule has 10 heteroatoms. The normalized spacial score (nSPS) is 21.5. The van der Waals surface area contributed by atoms with E-state index in [1.165, 1.54) is 0 Å². The number of amides is 1. The van der Waals surface area contributed by atoms with Crippen LogP contribution < -0.4 is 20.9 Å². The predicted octanol–water partition coefficient (Wildman–Crippen LogP) is 1.59. The van der Waals surface area contributed by atoms with Crippen molar-refractivity contribution in [2.24, 2.45) is 0 Å². The summed E-state index contributed by atoms with van der Waals surface area (Å²) in [4.78, 5) is 18.8. The number of hydrogen-bond donors (Lipinski definition) is 2. The van der Waals surface area contributed by atoms with Gasteiger partial charge in [0.25, 0.3) is 0 Å². The fourth-order valence-corrected chi connectivity index (χ4v) is 4.22. The van der Waals surface area contributed by atoms with Crippen molar-refractivity contribution in [1.82, 2.24) is 30.9 Å². The van der Waals surface area contributed by atoms with Gasteiger partial charge in [0.15, 0.2) is 0 Å². The van der Waals surface area contributed by atoms with Gasteiger partial charge in [0, 0.05) is 30.4 Å². The maximum absolute atomic E-state index is 12.5. The second-order valence-electron chi connectivity index (χ2n) is 7.38. The van der Waals surface area contributed by atoms with Crippen LogP contribution in [0.15, 0.2) is 61.3 Å². The van der Waals surface area contributed by atoms with E-state index in [0.29, 0.717) is 6.54 Å². The molecule has 0 saturated carbocycles. The highest BCUT2D eigenvalue weighted by Crippen LogP contribution is 2.40. The van der Waals surface area contributed by atoms with Crippen LogP contribution in [0.4, 0.5) is 16.3 Å². The molecular weight excluding hydrogens is 384 g/mol. The number of cyclic esters (lactones) is 1. The SMILES string of the molecule is O=C1OC(Cn2ccnn2)[C@@H]2Cc3cc(-c4ccc(N5C=CNN5)nc4)ccc3N12. The molecule has 2 aromatic heterocycles. The van der Waals surface area contributed by atoms with Crippen LogP contribution in [0.3, 0.4) is 0 Å². The van der Waals surface area contributed by atoms with Crippen LogP contribution in [0, 0.1) is 0 Å². The molecule has 1 saturated heterocycles. The second-order valence-corrected chi connectivity index (χ2v) is 7.38. The molecule has 0 radical (unpaired) electrons. The molecule has 0 aliphatic carbocycles. The van der Waals surface area contributed by atoms with Crippen LogP contribution in [0.2, 0.25) is 0 Å². The Hall–Kier alpha value is -3.92. The summed E-state index contributed by atoms with van der Waals surface area (Å²) in [7, 11) is 0. The van der Waals surface area contributed by atoms with Crippen LogP contribution in [-0.4, -0.2) is 38.2 Å². The van der Waals surface area contributed by atoms with Crippen molar-refractivity contribution in [3.8, 4) is 11.1 Å². The van der Waals surface area contributed by atoms with E-state index in [1.807, 2.05) is 36.7 Å². The largest absolute Gasteiger partial charge is 0.442 e. The van der Waals surface area contributed by atoms with E-state index < -0.39 is 0 Å². The summed E-state index contributed by atoms with van der Waals surface area (Å²) in [5.41, 5.74) is 9.99. The molecule has 2 atom stereocenters. The molecule has 1 unspecified atom stereocenters. The van der Waals surface area contributed by atoms with E-state index in [0.717, 1.165) is 34.6 Å². The topological polar surface area (TPSA) is 100 Å². The number of ether oxygens (including phenoxy) is 1. The Morgan fingerprint density at radius 2 is 2.13 bits per heavy atom. The molecule has 150 valence electrons. The monoisotopic (exact) mass is 402 g/mol. The molecule has 1 fully saturated rings. The van der Waals surface area contributed by atoms with E-state index >= 15 is 0 Å². The van der Waals surface area contributed by atoms with Crippen molar-refractivity contribution in [2.75, 3.05) is 9.91 Å². The molecule has 3 aliphatic heterocycles. The fraction of sp³-hybridized carbons (Fsp3) is 0.200. The number of carbonyl (C=O) groups excluding carboxylic acids is 1. The number of anilines is 2. The Kier molecular flexibility index (Phi) is 3.71. The number of benzene rings is 1. The van der Waals surface area contributed by atoms with Crippen molar-refractivity contribution in [2.45, 2.75) is 25.1 Å². The van der Waals surface area contributed by atoms with E-state index in [2.05, 4.69) is 32.3 Å². The minimum atomic E-state index is -0.303. The molecule has 3 aromatic rings. The third-order valence-electron chi connectivity index (χ3n) is 5.64. The van der Waals surface area contributed by atoms with Crippen LogP contribution >= 0.6 is 0 Å². The molecule has 10 nitrogen and oxygen atoms in total. The second kappa shape index (κ2) is 6.56. The summed E-state index contributed by atoms with van der Waals surface area (Å²) >= 11 is 0. The van der Waals surface area contributed by atoms with E-state index in [9.17, 15) is 4.79 Å². The quantitative estimate of drug-likeness (QED) is 0.679. The van der Waals surface area contributed by atoms with E-state index in [4.69, 9.17) is 4.74 Å². The number of hydrogen-bond acceptors (Lipinski definition) is 8. The molecule has 2 N–H and O–H groups in total. The maximum atomic E-state index is 12.5. The average molecular weight is 402 g/mol. The minimum absolute atomic E-state index is 0.0343. The lowest BCUT2D eigenvalue weighted by molar-refractivity contribution is 0.117. The number of rotatable bonds is 4. The Labute approximate surface area is 171 Å². The van der Waals surface area contributed by atoms with Crippen molar-refractivity contribution >= 4 is 17.6 Å². The van der Waals surface area contributed by atoms with Crippen LogP contribution in [0.25, 0.3) is 11.1 Å². The summed E-state index contributed by atoms with van der Waals surface area (Å²) in [5, 5.41) is 9.61. The molecule has 0 bridgehead atoms. The first-order valence-electron chi connectivity index (χ1n) is 9.67. The number of aromatic nitrogens is 4. The summed E-state index contributed by atoms with van der Waals surface area (Å²) in [5.74, 6) is 0.792. The zero-order valence-electron chi connectivity index (χ0n) is 15.8. The lowest BCUT2D eigenvalue weighted by atomic mass is 10.0. The summed E-state index contributed by atoms with van der Waals surface area (Å²) in [6.45, 7) is 0.493. The zero-order valence-corrected chi connectivity index (χ0v) is 15.8. The van der Waals surface area contributed by atoms with Crippen molar-refractivity contribution in [1.29, 1.82) is 0 Å². The molecular formula is C20H18N8O2.